The Labute approximate surface area is 122 Å². The molecular formula is C13H16Cl2N2O2. The molecule has 0 spiro atoms. The SMILES string of the molecule is CC(C)CNC(=O)CC(=O)Nc1ccc(Cl)c(Cl)c1. The molecule has 4 nitrogen and oxygen atoms in total. The van der Waals surface area contributed by atoms with Crippen molar-refractivity contribution in [2.45, 2.75) is 20.3 Å². The van der Waals surface area contributed by atoms with Crippen LogP contribution in [0.2, 0.25) is 10.0 Å². The standard InChI is InChI=1S/C13H16Cl2N2O2/c1-8(2)7-16-12(18)6-13(19)17-9-3-4-10(14)11(15)5-9/h3-5,8H,6-7H2,1-2H3,(H,16,18)(H,17,19). The summed E-state index contributed by atoms with van der Waals surface area (Å²) in [6, 6.07) is 4.74. The van der Waals surface area contributed by atoms with Crippen LogP contribution in [0, 0.1) is 5.92 Å². The van der Waals surface area contributed by atoms with Gasteiger partial charge in [0.25, 0.3) is 0 Å². The van der Waals surface area contributed by atoms with Crippen LogP contribution < -0.4 is 10.6 Å². The van der Waals surface area contributed by atoms with Crippen LogP contribution in [0.3, 0.4) is 0 Å². The van der Waals surface area contributed by atoms with Crippen molar-refractivity contribution in [3.8, 4) is 0 Å². The first-order valence-electron chi connectivity index (χ1n) is 5.90. The lowest BCUT2D eigenvalue weighted by atomic mass is 10.2. The second-order valence-electron chi connectivity index (χ2n) is 4.55. The highest BCUT2D eigenvalue weighted by Crippen LogP contribution is 2.24. The Hall–Kier alpha value is -1.26. The van der Waals surface area contributed by atoms with Crippen molar-refractivity contribution < 1.29 is 9.59 Å². The summed E-state index contributed by atoms with van der Waals surface area (Å²) < 4.78 is 0. The fourth-order valence-corrected chi connectivity index (χ4v) is 1.60. The molecule has 0 atom stereocenters. The molecule has 1 aromatic carbocycles. The van der Waals surface area contributed by atoms with E-state index >= 15 is 0 Å². The Bertz CT molecular complexity index is 476. The maximum absolute atomic E-state index is 11.6. The summed E-state index contributed by atoms with van der Waals surface area (Å²) in [6.07, 6.45) is -0.215. The predicted molar refractivity (Wildman–Crippen MR) is 77.6 cm³/mol. The summed E-state index contributed by atoms with van der Waals surface area (Å²) in [7, 11) is 0. The third kappa shape index (κ3) is 5.94. The quantitative estimate of drug-likeness (QED) is 0.821. The van der Waals surface area contributed by atoms with E-state index in [0.29, 0.717) is 28.2 Å². The highest BCUT2D eigenvalue weighted by molar-refractivity contribution is 6.42. The monoisotopic (exact) mass is 302 g/mol. The molecule has 0 bridgehead atoms. The average molecular weight is 303 g/mol. The van der Waals surface area contributed by atoms with Crippen LogP contribution in [0.25, 0.3) is 0 Å². The minimum Gasteiger partial charge on any atom is -0.355 e. The van der Waals surface area contributed by atoms with Crippen molar-refractivity contribution >= 4 is 40.7 Å². The van der Waals surface area contributed by atoms with Crippen molar-refractivity contribution in [2.75, 3.05) is 11.9 Å². The van der Waals surface area contributed by atoms with Gasteiger partial charge in [0.05, 0.1) is 10.0 Å². The lowest BCUT2D eigenvalue weighted by Crippen LogP contribution is -2.30. The van der Waals surface area contributed by atoms with E-state index in [0.717, 1.165) is 0 Å². The zero-order valence-corrected chi connectivity index (χ0v) is 12.3. The third-order valence-corrected chi connectivity index (χ3v) is 2.97. The summed E-state index contributed by atoms with van der Waals surface area (Å²) >= 11 is 11.6. The summed E-state index contributed by atoms with van der Waals surface area (Å²) in [5.41, 5.74) is 0.510. The van der Waals surface area contributed by atoms with E-state index in [2.05, 4.69) is 10.6 Å². The molecule has 1 aromatic rings. The van der Waals surface area contributed by atoms with E-state index in [1.54, 1.807) is 12.1 Å². The molecule has 6 heteroatoms. The fourth-order valence-electron chi connectivity index (χ4n) is 1.31. The first kappa shape index (κ1) is 15.8. The smallest absolute Gasteiger partial charge is 0.233 e. The van der Waals surface area contributed by atoms with Crippen LogP contribution in [0.5, 0.6) is 0 Å². The average Bonchev–Trinajstić information content (AvgIpc) is 2.31. The van der Waals surface area contributed by atoms with Crippen molar-refractivity contribution in [3.63, 3.8) is 0 Å². The summed E-state index contributed by atoms with van der Waals surface area (Å²) in [5.74, 6) is -0.340. The zero-order valence-electron chi connectivity index (χ0n) is 10.8. The molecular weight excluding hydrogens is 287 g/mol. The molecule has 0 fully saturated rings. The molecule has 0 unspecified atom stereocenters. The van der Waals surface area contributed by atoms with Gasteiger partial charge in [0.1, 0.15) is 6.42 Å². The van der Waals surface area contributed by atoms with E-state index in [1.165, 1.54) is 6.07 Å². The number of amides is 2. The Morgan fingerprint density at radius 1 is 1.16 bits per heavy atom. The van der Waals surface area contributed by atoms with Crippen LogP contribution in [0.1, 0.15) is 20.3 Å². The van der Waals surface area contributed by atoms with E-state index in [1.807, 2.05) is 13.8 Å². The Kier molecular flexibility index (Phi) is 6.12. The Balaban J connectivity index is 2.46. The second-order valence-corrected chi connectivity index (χ2v) is 5.37. The molecule has 2 amide bonds. The van der Waals surface area contributed by atoms with Crippen molar-refractivity contribution in [1.29, 1.82) is 0 Å². The maximum Gasteiger partial charge on any atom is 0.233 e. The second kappa shape index (κ2) is 7.36. The lowest BCUT2D eigenvalue weighted by molar-refractivity contribution is -0.126. The van der Waals surface area contributed by atoms with Crippen LogP contribution in [0.15, 0.2) is 18.2 Å². The van der Waals surface area contributed by atoms with E-state index in [-0.39, 0.29) is 18.2 Å². The Morgan fingerprint density at radius 3 is 2.42 bits per heavy atom. The van der Waals surface area contributed by atoms with Crippen molar-refractivity contribution in [2.24, 2.45) is 5.92 Å². The number of carbonyl (C=O) groups excluding carboxylic acids is 2. The van der Waals surface area contributed by atoms with Gasteiger partial charge in [-0.1, -0.05) is 37.0 Å². The summed E-state index contributed by atoms with van der Waals surface area (Å²) in [5, 5.41) is 6.02. The molecule has 0 aliphatic heterocycles. The molecule has 2 N–H and O–H groups in total. The maximum atomic E-state index is 11.6. The van der Waals surface area contributed by atoms with Gasteiger partial charge < -0.3 is 10.6 Å². The number of nitrogens with one attached hydrogen (secondary N) is 2. The van der Waals surface area contributed by atoms with Gasteiger partial charge in [-0.3, -0.25) is 9.59 Å². The molecule has 0 heterocycles. The van der Waals surface area contributed by atoms with Gasteiger partial charge in [0.15, 0.2) is 0 Å². The van der Waals surface area contributed by atoms with E-state index in [4.69, 9.17) is 23.2 Å². The molecule has 0 aliphatic carbocycles. The highest BCUT2D eigenvalue weighted by Gasteiger charge is 2.10. The largest absolute Gasteiger partial charge is 0.355 e. The van der Waals surface area contributed by atoms with Gasteiger partial charge in [-0.2, -0.15) is 0 Å². The van der Waals surface area contributed by atoms with Crippen molar-refractivity contribution in [3.05, 3.63) is 28.2 Å². The number of anilines is 1. The molecule has 0 saturated heterocycles. The summed E-state index contributed by atoms with van der Waals surface area (Å²) in [6.45, 7) is 4.52. The minimum atomic E-state index is -0.389. The van der Waals surface area contributed by atoms with Crippen molar-refractivity contribution in [1.82, 2.24) is 5.32 Å². The van der Waals surface area contributed by atoms with E-state index in [9.17, 15) is 9.59 Å². The minimum absolute atomic E-state index is 0.215. The van der Waals surface area contributed by atoms with Crippen LogP contribution >= 0.6 is 23.2 Å². The van der Waals surface area contributed by atoms with E-state index < -0.39 is 0 Å². The van der Waals surface area contributed by atoms with Gasteiger partial charge in [-0.05, 0) is 24.1 Å². The molecule has 104 valence electrons. The van der Waals surface area contributed by atoms with Gasteiger partial charge in [0.2, 0.25) is 11.8 Å². The number of carbonyl (C=O) groups is 2. The Morgan fingerprint density at radius 2 is 1.84 bits per heavy atom. The highest BCUT2D eigenvalue weighted by atomic mass is 35.5. The first-order chi connectivity index (χ1) is 8.88. The molecule has 0 radical (unpaired) electrons. The molecule has 0 saturated carbocycles. The summed E-state index contributed by atoms with van der Waals surface area (Å²) in [4.78, 5) is 23.1. The molecule has 0 aliphatic rings. The van der Waals surface area contributed by atoms with Gasteiger partial charge >= 0.3 is 0 Å². The number of halogens is 2. The molecule has 0 aromatic heterocycles. The van der Waals surface area contributed by atoms with Gasteiger partial charge in [0, 0.05) is 12.2 Å². The fraction of sp³-hybridized carbons (Fsp3) is 0.385. The third-order valence-electron chi connectivity index (χ3n) is 2.23. The number of hydrogen-bond donors (Lipinski definition) is 2. The number of hydrogen-bond acceptors (Lipinski definition) is 2. The normalized spacial score (nSPS) is 10.4. The topological polar surface area (TPSA) is 58.2 Å². The van der Waals surface area contributed by atoms with Crippen LogP contribution in [-0.2, 0) is 9.59 Å². The number of benzene rings is 1. The number of rotatable bonds is 5. The predicted octanol–water partition coefficient (Wildman–Crippen LogP) is 3.09. The van der Waals surface area contributed by atoms with Crippen LogP contribution in [0.4, 0.5) is 5.69 Å². The first-order valence-corrected chi connectivity index (χ1v) is 6.65. The van der Waals surface area contributed by atoms with Crippen LogP contribution in [-0.4, -0.2) is 18.4 Å². The molecule has 1 rings (SSSR count). The van der Waals surface area contributed by atoms with Gasteiger partial charge in [-0.15, -0.1) is 0 Å². The molecule has 19 heavy (non-hydrogen) atoms. The lowest BCUT2D eigenvalue weighted by Gasteiger charge is -2.08. The van der Waals surface area contributed by atoms with Gasteiger partial charge in [-0.25, -0.2) is 0 Å². The zero-order chi connectivity index (χ0) is 14.4.